The number of hydrogen-bond donors (Lipinski definition) is 1. The summed E-state index contributed by atoms with van der Waals surface area (Å²) in [6.07, 6.45) is 9.44. The third-order valence-corrected chi connectivity index (χ3v) is 4.75. The summed E-state index contributed by atoms with van der Waals surface area (Å²) in [6, 6.07) is 0.228. The minimum Gasteiger partial charge on any atom is -0.346 e. The molecule has 22 heavy (non-hydrogen) atoms. The highest BCUT2D eigenvalue weighted by molar-refractivity contribution is 5.92. The van der Waals surface area contributed by atoms with E-state index in [0.717, 1.165) is 25.6 Å². The molecule has 5 nitrogen and oxygen atoms in total. The molecule has 0 aromatic carbocycles. The maximum absolute atomic E-state index is 12.3. The third kappa shape index (κ3) is 3.53. The standard InChI is InChI=1S/C17H24N4O/c1-3-12(2)9-21-10-14(13-4-5-13)16(11-21)20-17(22)15-8-18-6-7-19-15/h3,6-8,13-14,16H,4-5,9-11H2,1-2H3,(H,20,22). The molecule has 3 rings (SSSR count). The van der Waals surface area contributed by atoms with Crippen LogP contribution in [-0.2, 0) is 0 Å². The van der Waals surface area contributed by atoms with E-state index in [-0.39, 0.29) is 11.9 Å². The van der Waals surface area contributed by atoms with Crippen molar-refractivity contribution in [2.45, 2.75) is 32.7 Å². The van der Waals surface area contributed by atoms with E-state index in [9.17, 15) is 4.79 Å². The van der Waals surface area contributed by atoms with Crippen LogP contribution in [0.15, 0.2) is 30.2 Å². The predicted octanol–water partition coefficient (Wildman–Crippen LogP) is 1.88. The summed E-state index contributed by atoms with van der Waals surface area (Å²) in [4.78, 5) is 22.8. The second kappa shape index (κ2) is 6.57. The first-order chi connectivity index (χ1) is 10.7. The van der Waals surface area contributed by atoms with Crippen LogP contribution in [0.25, 0.3) is 0 Å². The summed E-state index contributed by atoms with van der Waals surface area (Å²) in [5.41, 5.74) is 1.79. The zero-order valence-electron chi connectivity index (χ0n) is 13.3. The lowest BCUT2D eigenvalue weighted by Crippen LogP contribution is -2.41. The molecule has 2 fully saturated rings. The van der Waals surface area contributed by atoms with Gasteiger partial charge >= 0.3 is 0 Å². The Labute approximate surface area is 131 Å². The SMILES string of the molecule is CC=C(C)CN1CC(NC(=O)c2cnccn2)C(C2CC2)C1. The van der Waals surface area contributed by atoms with Gasteiger partial charge in [0, 0.05) is 38.1 Å². The van der Waals surface area contributed by atoms with Gasteiger partial charge in [-0.25, -0.2) is 4.98 Å². The molecule has 2 heterocycles. The Balaban J connectivity index is 1.64. The van der Waals surface area contributed by atoms with Gasteiger partial charge in [-0.1, -0.05) is 11.6 Å². The predicted molar refractivity (Wildman–Crippen MR) is 85.4 cm³/mol. The molecule has 0 radical (unpaired) electrons. The second-order valence-electron chi connectivity index (χ2n) is 6.50. The van der Waals surface area contributed by atoms with Gasteiger partial charge in [0.2, 0.25) is 0 Å². The molecule has 118 valence electrons. The number of nitrogens with zero attached hydrogens (tertiary/aromatic N) is 3. The maximum Gasteiger partial charge on any atom is 0.271 e. The molecule has 2 aliphatic rings. The van der Waals surface area contributed by atoms with E-state index in [1.807, 2.05) is 0 Å². The van der Waals surface area contributed by atoms with Gasteiger partial charge in [-0.2, -0.15) is 0 Å². The number of amides is 1. The Bertz CT molecular complexity index is 553. The van der Waals surface area contributed by atoms with Crippen molar-refractivity contribution < 1.29 is 4.79 Å². The lowest BCUT2D eigenvalue weighted by molar-refractivity contribution is 0.0922. The van der Waals surface area contributed by atoms with Gasteiger partial charge in [0.15, 0.2) is 0 Å². The van der Waals surface area contributed by atoms with Crippen LogP contribution in [0, 0.1) is 11.8 Å². The van der Waals surface area contributed by atoms with Gasteiger partial charge in [0.1, 0.15) is 5.69 Å². The molecule has 1 aliphatic heterocycles. The number of rotatable bonds is 5. The van der Waals surface area contributed by atoms with Crippen LogP contribution in [0.1, 0.15) is 37.2 Å². The second-order valence-corrected chi connectivity index (χ2v) is 6.50. The molecule has 2 atom stereocenters. The smallest absolute Gasteiger partial charge is 0.271 e. The highest BCUT2D eigenvalue weighted by atomic mass is 16.2. The van der Waals surface area contributed by atoms with Crippen molar-refractivity contribution in [2.75, 3.05) is 19.6 Å². The molecule has 5 heteroatoms. The summed E-state index contributed by atoms with van der Waals surface area (Å²) >= 11 is 0. The fourth-order valence-electron chi connectivity index (χ4n) is 3.30. The molecule has 1 saturated carbocycles. The molecule has 1 saturated heterocycles. The molecule has 1 amide bonds. The van der Waals surface area contributed by atoms with Crippen molar-refractivity contribution in [3.8, 4) is 0 Å². The number of nitrogens with one attached hydrogen (secondary N) is 1. The minimum atomic E-state index is -0.103. The minimum absolute atomic E-state index is 0.103. The zero-order valence-corrected chi connectivity index (χ0v) is 13.3. The van der Waals surface area contributed by atoms with Crippen molar-refractivity contribution in [2.24, 2.45) is 11.8 Å². The van der Waals surface area contributed by atoms with E-state index in [4.69, 9.17) is 0 Å². The lowest BCUT2D eigenvalue weighted by atomic mass is 9.98. The van der Waals surface area contributed by atoms with Crippen LogP contribution in [0.3, 0.4) is 0 Å². The van der Waals surface area contributed by atoms with Crippen LogP contribution in [0.5, 0.6) is 0 Å². The van der Waals surface area contributed by atoms with Crippen LogP contribution < -0.4 is 5.32 Å². The molecular weight excluding hydrogens is 276 g/mol. The number of carbonyl (C=O) groups is 1. The highest BCUT2D eigenvalue weighted by Gasteiger charge is 2.43. The van der Waals surface area contributed by atoms with Crippen molar-refractivity contribution in [1.29, 1.82) is 0 Å². The molecule has 1 aromatic rings. The summed E-state index contributed by atoms with van der Waals surface area (Å²) in [5, 5.41) is 3.19. The number of allylic oxidation sites excluding steroid dienone is 1. The number of likely N-dealkylation sites (tertiary alicyclic amines) is 1. The maximum atomic E-state index is 12.3. The highest BCUT2D eigenvalue weighted by Crippen LogP contribution is 2.41. The summed E-state index contributed by atoms with van der Waals surface area (Å²) in [7, 11) is 0. The fourth-order valence-corrected chi connectivity index (χ4v) is 3.30. The van der Waals surface area contributed by atoms with Crippen LogP contribution in [0.2, 0.25) is 0 Å². The van der Waals surface area contributed by atoms with Gasteiger partial charge in [0.05, 0.1) is 6.20 Å². The normalized spacial score (nSPS) is 26.2. The molecule has 1 N–H and O–H groups in total. The average molecular weight is 300 g/mol. The van der Waals surface area contributed by atoms with Crippen molar-refractivity contribution in [3.05, 3.63) is 35.9 Å². The molecule has 2 unspecified atom stereocenters. The first-order valence-electron chi connectivity index (χ1n) is 8.08. The van der Waals surface area contributed by atoms with Crippen molar-refractivity contribution in [3.63, 3.8) is 0 Å². The summed E-state index contributed by atoms with van der Waals surface area (Å²) in [6.45, 7) is 7.26. The van der Waals surface area contributed by atoms with E-state index in [1.54, 1.807) is 12.4 Å². The molecule has 1 aliphatic carbocycles. The molecule has 0 spiro atoms. The molecule has 1 aromatic heterocycles. The lowest BCUT2D eigenvalue weighted by Gasteiger charge is -2.19. The Morgan fingerprint density at radius 1 is 1.41 bits per heavy atom. The van der Waals surface area contributed by atoms with Gasteiger partial charge in [-0.05, 0) is 38.5 Å². The van der Waals surface area contributed by atoms with Crippen LogP contribution >= 0.6 is 0 Å². The van der Waals surface area contributed by atoms with E-state index in [1.165, 1.54) is 24.6 Å². The fraction of sp³-hybridized carbons (Fsp3) is 0.588. The first-order valence-corrected chi connectivity index (χ1v) is 8.08. The Kier molecular flexibility index (Phi) is 4.52. The largest absolute Gasteiger partial charge is 0.346 e. The van der Waals surface area contributed by atoms with Crippen molar-refractivity contribution >= 4 is 5.91 Å². The third-order valence-electron chi connectivity index (χ3n) is 4.75. The van der Waals surface area contributed by atoms with Crippen LogP contribution in [-0.4, -0.2) is 46.5 Å². The van der Waals surface area contributed by atoms with Crippen LogP contribution in [0.4, 0.5) is 0 Å². The Morgan fingerprint density at radius 3 is 2.86 bits per heavy atom. The monoisotopic (exact) mass is 300 g/mol. The number of aromatic nitrogens is 2. The van der Waals surface area contributed by atoms with Gasteiger partial charge in [-0.15, -0.1) is 0 Å². The van der Waals surface area contributed by atoms with E-state index in [0.29, 0.717) is 11.6 Å². The van der Waals surface area contributed by atoms with Gasteiger partial charge in [-0.3, -0.25) is 14.7 Å². The molecular formula is C17H24N4O. The van der Waals surface area contributed by atoms with E-state index < -0.39 is 0 Å². The zero-order chi connectivity index (χ0) is 15.5. The van der Waals surface area contributed by atoms with E-state index in [2.05, 4.69) is 40.1 Å². The first kappa shape index (κ1) is 15.2. The van der Waals surface area contributed by atoms with Gasteiger partial charge < -0.3 is 5.32 Å². The number of hydrogen-bond acceptors (Lipinski definition) is 4. The summed E-state index contributed by atoms with van der Waals surface area (Å²) < 4.78 is 0. The van der Waals surface area contributed by atoms with E-state index >= 15 is 0 Å². The topological polar surface area (TPSA) is 58.1 Å². The number of carbonyl (C=O) groups excluding carboxylic acids is 1. The quantitative estimate of drug-likeness (QED) is 0.844. The van der Waals surface area contributed by atoms with Crippen molar-refractivity contribution in [1.82, 2.24) is 20.2 Å². The Morgan fingerprint density at radius 2 is 2.23 bits per heavy atom. The Hall–Kier alpha value is -1.75. The summed E-state index contributed by atoms with van der Waals surface area (Å²) in [5.74, 6) is 1.25. The molecule has 0 bridgehead atoms. The van der Waals surface area contributed by atoms with Gasteiger partial charge in [0.25, 0.3) is 5.91 Å². The average Bonchev–Trinajstić information content (AvgIpc) is 3.31.